The molecule has 3 N–H and O–H groups in total. The Morgan fingerprint density at radius 3 is 2.43 bits per heavy atom. The minimum atomic E-state index is -0.314. The Hall–Kier alpha value is -4.15. The number of aromatic nitrogens is 5. The van der Waals surface area contributed by atoms with E-state index in [4.69, 9.17) is 10.7 Å². The third-order valence-corrected chi connectivity index (χ3v) is 9.00. The van der Waals surface area contributed by atoms with Gasteiger partial charge in [-0.2, -0.15) is 0 Å². The number of aryl methyl sites for hydroxylation is 1. The summed E-state index contributed by atoms with van der Waals surface area (Å²) in [6, 6.07) is 12.5. The quantitative estimate of drug-likeness (QED) is 0.286. The van der Waals surface area contributed by atoms with E-state index in [9.17, 15) is 4.39 Å². The lowest BCUT2D eigenvalue weighted by Crippen LogP contribution is -2.49. The molecule has 0 atom stereocenters. The Labute approximate surface area is 244 Å². The second-order valence-corrected chi connectivity index (χ2v) is 11.8. The molecule has 7 rings (SSSR count). The van der Waals surface area contributed by atoms with Gasteiger partial charge in [-0.3, -0.25) is 4.90 Å². The molecule has 3 aromatic heterocycles. The summed E-state index contributed by atoms with van der Waals surface area (Å²) in [5.74, 6) is 0.599. The van der Waals surface area contributed by atoms with Crippen LogP contribution >= 0.6 is 0 Å². The Kier molecular flexibility index (Phi) is 6.95. The van der Waals surface area contributed by atoms with Gasteiger partial charge in [-0.25, -0.2) is 24.3 Å². The SMILES string of the molecule is Cc1cc(F)c2cnc(Nc3ccc(-c4cn(C5CCC(N6CCN(C)CC6)CC5)c5ncnc(N)c45)cc3)nc2c1. The van der Waals surface area contributed by atoms with Crippen molar-refractivity contribution in [2.45, 2.75) is 44.7 Å². The standard InChI is InChI=1S/C32H36FN9/c1-20-15-27(33)25-17-35-32(39-28(25)16-20)38-22-5-3-21(4-6-22)26-18-42(31-29(26)30(34)36-19-37-31)24-9-7-23(8-10-24)41-13-11-40(2)12-14-41/h3-6,15-19,23-24H,7-14H2,1-2H3,(H2,34,36,37)(H,35,38,39). The molecule has 10 heteroatoms. The van der Waals surface area contributed by atoms with Crippen molar-refractivity contribution in [1.29, 1.82) is 0 Å². The van der Waals surface area contributed by atoms with Crippen LogP contribution < -0.4 is 11.1 Å². The molecule has 2 aromatic carbocycles. The van der Waals surface area contributed by atoms with Gasteiger partial charge in [0.15, 0.2) is 0 Å². The monoisotopic (exact) mass is 565 g/mol. The van der Waals surface area contributed by atoms with Crippen LogP contribution in [0.5, 0.6) is 0 Å². The van der Waals surface area contributed by atoms with Crippen molar-refractivity contribution in [1.82, 2.24) is 34.3 Å². The van der Waals surface area contributed by atoms with Crippen LogP contribution in [0, 0.1) is 12.7 Å². The molecule has 4 heterocycles. The lowest BCUT2D eigenvalue weighted by atomic mass is 9.89. The van der Waals surface area contributed by atoms with Crippen LogP contribution in [-0.4, -0.2) is 73.6 Å². The summed E-state index contributed by atoms with van der Waals surface area (Å²) >= 11 is 0. The number of likely N-dealkylation sites (N-methyl/N-ethyl adjacent to an activating group) is 1. The zero-order valence-electron chi connectivity index (χ0n) is 24.1. The number of halogens is 1. The van der Waals surface area contributed by atoms with Crippen LogP contribution in [0.2, 0.25) is 0 Å². The molecule has 0 unspecified atom stereocenters. The average molecular weight is 566 g/mol. The van der Waals surface area contributed by atoms with Crippen molar-refractivity contribution >= 4 is 39.4 Å². The van der Waals surface area contributed by atoms with Crippen molar-refractivity contribution in [3.05, 3.63) is 66.5 Å². The Morgan fingerprint density at radius 2 is 1.67 bits per heavy atom. The number of fused-ring (bicyclic) bond motifs is 2. The molecule has 2 aliphatic rings. The van der Waals surface area contributed by atoms with E-state index in [1.54, 1.807) is 6.33 Å². The molecule has 0 spiro atoms. The van der Waals surface area contributed by atoms with Crippen LogP contribution in [0.1, 0.15) is 37.3 Å². The molecule has 42 heavy (non-hydrogen) atoms. The summed E-state index contributed by atoms with van der Waals surface area (Å²) in [5.41, 5.74) is 11.6. The normalized spacial score (nSPS) is 20.4. The van der Waals surface area contributed by atoms with E-state index >= 15 is 0 Å². The van der Waals surface area contributed by atoms with Crippen molar-refractivity contribution in [3.63, 3.8) is 0 Å². The van der Waals surface area contributed by atoms with Crippen molar-refractivity contribution in [2.75, 3.05) is 44.3 Å². The van der Waals surface area contributed by atoms with Gasteiger partial charge in [-0.05, 0) is 75.0 Å². The molecule has 5 aromatic rings. The van der Waals surface area contributed by atoms with Crippen LogP contribution in [0.4, 0.5) is 21.8 Å². The fourth-order valence-electron chi connectivity index (χ4n) is 6.64. The molecule has 216 valence electrons. The third-order valence-electron chi connectivity index (χ3n) is 9.00. The largest absolute Gasteiger partial charge is 0.383 e. The summed E-state index contributed by atoms with van der Waals surface area (Å²) in [4.78, 5) is 23.0. The topological polar surface area (TPSA) is 101 Å². The van der Waals surface area contributed by atoms with E-state index in [1.807, 2.05) is 25.1 Å². The van der Waals surface area contributed by atoms with Gasteiger partial charge in [0, 0.05) is 61.9 Å². The molecule has 0 amide bonds. The minimum absolute atomic E-state index is 0.314. The van der Waals surface area contributed by atoms with Crippen LogP contribution in [0.25, 0.3) is 33.1 Å². The fourth-order valence-corrected chi connectivity index (χ4v) is 6.64. The molecule has 0 radical (unpaired) electrons. The lowest BCUT2D eigenvalue weighted by molar-refractivity contribution is 0.0828. The molecule has 0 bridgehead atoms. The number of hydrogen-bond donors (Lipinski definition) is 2. The fraction of sp³-hybridized carbons (Fsp3) is 0.375. The van der Waals surface area contributed by atoms with Crippen LogP contribution in [0.3, 0.4) is 0 Å². The van der Waals surface area contributed by atoms with Crippen molar-refractivity contribution in [2.24, 2.45) is 0 Å². The summed E-state index contributed by atoms with van der Waals surface area (Å²) in [5, 5.41) is 4.55. The molecular weight excluding hydrogens is 529 g/mol. The maximum atomic E-state index is 14.3. The number of hydrogen-bond acceptors (Lipinski definition) is 8. The maximum Gasteiger partial charge on any atom is 0.227 e. The molecule has 1 aliphatic heterocycles. The molecule has 2 fully saturated rings. The van der Waals surface area contributed by atoms with E-state index in [2.05, 4.69) is 60.0 Å². The van der Waals surface area contributed by atoms with Gasteiger partial charge in [0.1, 0.15) is 23.6 Å². The Bertz CT molecular complexity index is 1730. The first-order valence-electron chi connectivity index (χ1n) is 14.8. The van der Waals surface area contributed by atoms with E-state index in [0.717, 1.165) is 59.3 Å². The van der Waals surface area contributed by atoms with Gasteiger partial charge >= 0.3 is 0 Å². The zero-order valence-corrected chi connectivity index (χ0v) is 24.1. The second kappa shape index (κ2) is 10.9. The number of anilines is 3. The first-order valence-corrected chi connectivity index (χ1v) is 14.8. The van der Waals surface area contributed by atoms with Crippen molar-refractivity contribution in [3.8, 4) is 11.1 Å². The van der Waals surface area contributed by atoms with Crippen LogP contribution in [-0.2, 0) is 0 Å². The summed E-state index contributed by atoms with van der Waals surface area (Å²) in [6.07, 6.45) is 9.95. The van der Waals surface area contributed by atoms with Gasteiger partial charge in [-0.15, -0.1) is 0 Å². The number of nitrogen functional groups attached to an aromatic ring is 1. The molecular formula is C32H36FN9. The smallest absolute Gasteiger partial charge is 0.227 e. The highest BCUT2D eigenvalue weighted by Gasteiger charge is 2.30. The molecule has 1 saturated carbocycles. The molecule has 1 aliphatic carbocycles. The first-order chi connectivity index (χ1) is 20.4. The predicted molar refractivity (Wildman–Crippen MR) is 165 cm³/mol. The predicted octanol–water partition coefficient (Wildman–Crippen LogP) is 5.55. The second-order valence-electron chi connectivity index (χ2n) is 11.8. The number of nitrogens with two attached hydrogens (primary N) is 1. The highest BCUT2D eigenvalue weighted by atomic mass is 19.1. The van der Waals surface area contributed by atoms with E-state index < -0.39 is 0 Å². The number of nitrogens with zero attached hydrogens (tertiary/aromatic N) is 7. The van der Waals surface area contributed by atoms with Gasteiger partial charge in [0.2, 0.25) is 5.95 Å². The number of nitrogens with one attached hydrogen (secondary N) is 1. The zero-order chi connectivity index (χ0) is 28.8. The maximum absolute atomic E-state index is 14.3. The number of benzene rings is 2. The number of piperazine rings is 1. The third kappa shape index (κ3) is 5.05. The summed E-state index contributed by atoms with van der Waals surface area (Å²) in [7, 11) is 2.21. The Balaban J connectivity index is 1.12. The summed E-state index contributed by atoms with van der Waals surface area (Å²) < 4.78 is 16.6. The van der Waals surface area contributed by atoms with Gasteiger partial charge < -0.3 is 20.5 Å². The molecule has 9 nitrogen and oxygen atoms in total. The highest BCUT2D eigenvalue weighted by Crippen LogP contribution is 2.39. The van der Waals surface area contributed by atoms with Crippen molar-refractivity contribution < 1.29 is 4.39 Å². The number of rotatable bonds is 5. The first kappa shape index (κ1) is 26.7. The Morgan fingerprint density at radius 1 is 0.929 bits per heavy atom. The van der Waals surface area contributed by atoms with Gasteiger partial charge in [0.25, 0.3) is 0 Å². The summed E-state index contributed by atoms with van der Waals surface area (Å²) in [6.45, 7) is 6.51. The van der Waals surface area contributed by atoms with E-state index in [1.165, 1.54) is 38.2 Å². The highest BCUT2D eigenvalue weighted by molar-refractivity contribution is 6.00. The lowest BCUT2D eigenvalue weighted by Gasteiger charge is -2.41. The van der Waals surface area contributed by atoms with Crippen LogP contribution in [0.15, 0.2) is 55.1 Å². The molecule has 1 saturated heterocycles. The minimum Gasteiger partial charge on any atom is -0.383 e. The van der Waals surface area contributed by atoms with Gasteiger partial charge in [0.05, 0.1) is 16.3 Å². The average Bonchev–Trinajstić information content (AvgIpc) is 3.39. The van der Waals surface area contributed by atoms with E-state index in [0.29, 0.717) is 34.8 Å². The van der Waals surface area contributed by atoms with Gasteiger partial charge in [-0.1, -0.05) is 12.1 Å². The van der Waals surface area contributed by atoms with E-state index in [-0.39, 0.29) is 5.82 Å².